The Morgan fingerprint density at radius 1 is 1.20 bits per heavy atom. The van der Waals surface area contributed by atoms with Crippen molar-refractivity contribution in [3.05, 3.63) is 35.9 Å². The van der Waals surface area contributed by atoms with Crippen molar-refractivity contribution in [2.45, 2.75) is 32.7 Å². The topological polar surface area (TPSA) is 64.9 Å². The zero-order chi connectivity index (χ0) is 15.0. The molecule has 0 aliphatic heterocycles. The van der Waals surface area contributed by atoms with Gasteiger partial charge in [0, 0.05) is 13.1 Å². The zero-order valence-corrected chi connectivity index (χ0v) is 12.4. The highest BCUT2D eigenvalue weighted by molar-refractivity contribution is 5.81. The first kappa shape index (κ1) is 16.2. The van der Waals surface area contributed by atoms with Crippen molar-refractivity contribution in [3.63, 3.8) is 0 Å². The summed E-state index contributed by atoms with van der Waals surface area (Å²) in [6, 6.07) is 11.6. The summed E-state index contributed by atoms with van der Waals surface area (Å²) in [4.78, 5) is 11.8. The zero-order valence-electron chi connectivity index (χ0n) is 12.4. The third kappa shape index (κ3) is 5.41. The molecule has 0 aliphatic carbocycles. The highest BCUT2D eigenvalue weighted by Crippen LogP contribution is 2.13. The Kier molecular flexibility index (Phi) is 6.75. The molecule has 0 aromatic heterocycles. The van der Waals surface area contributed by atoms with E-state index in [1.165, 1.54) is 0 Å². The van der Waals surface area contributed by atoms with Gasteiger partial charge in [0.2, 0.25) is 5.91 Å². The van der Waals surface area contributed by atoms with Crippen LogP contribution in [-0.4, -0.2) is 25.0 Å². The molecule has 1 amide bonds. The van der Waals surface area contributed by atoms with Crippen LogP contribution < -0.4 is 10.6 Å². The number of amides is 1. The lowest BCUT2D eigenvalue weighted by Gasteiger charge is -2.17. The van der Waals surface area contributed by atoms with E-state index in [4.69, 9.17) is 0 Å². The van der Waals surface area contributed by atoms with Gasteiger partial charge < -0.3 is 10.6 Å². The van der Waals surface area contributed by atoms with Crippen LogP contribution in [0.3, 0.4) is 0 Å². The summed E-state index contributed by atoms with van der Waals surface area (Å²) in [5.41, 5.74) is 0.970. The van der Waals surface area contributed by atoms with Gasteiger partial charge in [-0.2, -0.15) is 5.26 Å². The Balaban J connectivity index is 2.45. The quantitative estimate of drug-likeness (QED) is 0.799. The second kappa shape index (κ2) is 8.34. The van der Waals surface area contributed by atoms with E-state index in [2.05, 4.69) is 30.6 Å². The minimum atomic E-state index is -0.298. The van der Waals surface area contributed by atoms with E-state index < -0.39 is 0 Å². The minimum Gasteiger partial charge on any atom is -0.354 e. The Morgan fingerprint density at radius 3 is 2.40 bits per heavy atom. The van der Waals surface area contributed by atoms with Gasteiger partial charge in [0.15, 0.2) is 0 Å². The van der Waals surface area contributed by atoms with Gasteiger partial charge in [-0.05, 0) is 18.4 Å². The Hall–Kier alpha value is -1.86. The van der Waals surface area contributed by atoms with E-state index in [1.807, 2.05) is 37.3 Å². The highest BCUT2D eigenvalue weighted by Gasteiger charge is 2.16. The molecule has 0 saturated heterocycles. The smallest absolute Gasteiger partial charge is 0.236 e. The van der Waals surface area contributed by atoms with Gasteiger partial charge in [0.1, 0.15) is 0 Å². The number of nitrogens with one attached hydrogen (secondary N) is 2. The summed E-state index contributed by atoms with van der Waals surface area (Å²) >= 11 is 0. The Morgan fingerprint density at radius 2 is 1.85 bits per heavy atom. The van der Waals surface area contributed by atoms with E-state index in [9.17, 15) is 10.1 Å². The lowest BCUT2D eigenvalue weighted by molar-refractivity contribution is -0.122. The second-order valence-electron chi connectivity index (χ2n) is 5.36. The van der Waals surface area contributed by atoms with Crippen molar-refractivity contribution in [1.29, 1.82) is 5.26 Å². The SMILES string of the molecule is CC(C)CNC(=O)C(C)NCC(C#N)c1ccccc1. The fourth-order valence-corrected chi connectivity index (χ4v) is 1.77. The standard InChI is InChI=1S/C16H23N3O/c1-12(2)10-19-16(20)13(3)18-11-15(9-17)14-7-5-4-6-8-14/h4-8,12-13,15,18H,10-11H2,1-3H3,(H,19,20). The maximum absolute atomic E-state index is 11.8. The van der Waals surface area contributed by atoms with Crippen LogP contribution in [-0.2, 0) is 4.79 Å². The fourth-order valence-electron chi connectivity index (χ4n) is 1.77. The minimum absolute atomic E-state index is 0.0246. The molecular formula is C16H23N3O. The Labute approximate surface area is 121 Å². The maximum Gasteiger partial charge on any atom is 0.236 e. The molecule has 1 aromatic rings. The van der Waals surface area contributed by atoms with Crippen molar-refractivity contribution in [2.24, 2.45) is 5.92 Å². The van der Waals surface area contributed by atoms with Gasteiger partial charge >= 0.3 is 0 Å². The molecule has 4 nitrogen and oxygen atoms in total. The van der Waals surface area contributed by atoms with Crippen LogP contribution >= 0.6 is 0 Å². The third-order valence-corrected chi connectivity index (χ3v) is 3.06. The number of hydrogen-bond acceptors (Lipinski definition) is 3. The van der Waals surface area contributed by atoms with Crippen LogP contribution in [0.5, 0.6) is 0 Å². The van der Waals surface area contributed by atoms with E-state index in [1.54, 1.807) is 0 Å². The number of carbonyl (C=O) groups excluding carboxylic acids is 1. The molecule has 108 valence electrons. The van der Waals surface area contributed by atoms with Gasteiger partial charge in [0.25, 0.3) is 0 Å². The first-order chi connectivity index (χ1) is 9.54. The molecule has 1 aromatic carbocycles. The normalized spacial score (nSPS) is 13.6. The molecular weight excluding hydrogens is 250 g/mol. The summed E-state index contributed by atoms with van der Waals surface area (Å²) in [5, 5.41) is 15.2. The summed E-state index contributed by atoms with van der Waals surface area (Å²) < 4.78 is 0. The number of nitriles is 1. The number of benzene rings is 1. The predicted molar refractivity (Wildman–Crippen MR) is 80.1 cm³/mol. The van der Waals surface area contributed by atoms with Crippen molar-refractivity contribution in [1.82, 2.24) is 10.6 Å². The number of nitrogens with zero attached hydrogens (tertiary/aromatic N) is 1. The molecule has 0 fully saturated rings. The van der Waals surface area contributed by atoms with Crippen LogP contribution in [0.25, 0.3) is 0 Å². The molecule has 0 heterocycles. The first-order valence-corrected chi connectivity index (χ1v) is 7.00. The predicted octanol–water partition coefficient (Wildman–Crippen LogP) is 2.04. The fraction of sp³-hybridized carbons (Fsp3) is 0.500. The first-order valence-electron chi connectivity index (χ1n) is 7.00. The number of hydrogen-bond donors (Lipinski definition) is 2. The van der Waals surface area contributed by atoms with Gasteiger partial charge in [-0.25, -0.2) is 0 Å². The molecule has 2 N–H and O–H groups in total. The van der Waals surface area contributed by atoms with Crippen molar-refractivity contribution in [3.8, 4) is 6.07 Å². The second-order valence-corrected chi connectivity index (χ2v) is 5.36. The van der Waals surface area contributed by atoms with E-state index in [0.717, 1.165) is 5.56 Å². The number of rotatable bonds is 7. The average Bonchev–Trinajstić information content (AvgIpc) is 2.46. The monoisotopic (exact) mass is 273 g/mol. The summed E-state index contributed by atoms with van der Waals surface area (Å²) in [5.74, 6) is 0.169. The number of carbonyl (C=O) groups is 1. The van der Waals surface area contributed by atoms with Crippen molar-refractivity contribution >= 4 is 5.91 Å². The van der Waals surface area contributed by atoms with Gasteiger partial charge in [0.05, 0.1) is 18.0 Å². The largest absolute Gasteiger partial charge is 0.354 e. The Bertz CT molecular complexity index is 451. The van der Waals surface area contributed by atoms with E-state index in [-0.39, 0.29) is 17.9 Å². The van der Waals surface area contributed by atoms with Crippen LogP contribution in [0, 0.1) is 17.2 Å². The lowest BCUT2D eigenvalue weighted by Crippen LogP contribution is -2.44. The van der Waals surface area contributed by atoms with Crippen molar-refractivity contribution in [2.75, 3.05) is 13.1 Å². The molecule has 4 heteroatoms. The third-order valence-electron chi connectivity index (χ3n) is 3.06. The van der Waals surface area contributed by atoms with Crippen molar-refractivity contribution < 1.29 is 4.79 Å². The molecule has 2 atom stereocenters. The van der Waals surface area contributed by atoms with E-state index in [0.29, 0.717) is 19.0 Å². The molecule has 2 unspecified atom stereocenters. The lowest BCUT2D eigenvalue weighted by atomic mass is 10.0. The van der Waals surface area contributed by atoms with Crippen LogP contribution in [0.1, 0.15) is 32.3 Å². The molecule has 0 saturated carbocycles. The molecule has 0 radical (unpaired) electrons. The van der Waals surface area contributed by atoms with Gasteiger partial charge in [-0.1, -0.05) is 44.2 Å². The maximum atomic E-state index is 11.8. The molecule has 0 bridgehead atoms. The molecule has 0 spiro atoms. The van der Waals surface area contributed by atoms with E-state index >= 15 is 0 Å². The summed E-state index contributed by atoms with van der Waals surface area (Å²) in [6.45, 7) is 7.07. The molecule has 0 aliphatic rings. The summed E-state index contributed by atoms with van der Waals surface area (Å²) in [6.07, 6.45) is 0. The van der Waals surface area contributed by atoms with Crippen LogP contribution in [0.4, 0.5) is 0 Å². The van der Waals surface area contributed by atoms with Gasteiger partial charge in [-0.3, -0.25) is 4.79 Å². The molecule has 1 rings (SSSR count). The van der Waals surface area contributed by atoms with Gasteiger partial charge in [-0.15, -0.1) is 0 Å². The van der Waals surface area contributed by atoms with Crippen LogP contribution in [0.15, 0.2) is 30.3 Å². The average molecular weight is 273 g/mol. The summed E-state index contributed by atoms with van der Waals surface area (Å²) in [7, 11) is 0. The molecule has 20 heavy (non-hydrogen) atoms. The highest BCUT2D eigenvalue weighted by atomic mass is 16.2. The van der Waals surface area contributed by atoms with Crippen LogP contribution in [0.2, 0.25) is 0 Å².